The fourth-order valence-electron chi connectivity index (χ4n) is 6.97. The summed E-state index contributed by atoms with van der Waals surface area (Å²) >= 11 is 0. The molecule has 2 atom stereocenters. The monoisotopic (exact) mass is 1000 g/mol. The Hall–Kier alpha value is -4.70. The van der Waals surface area contributed by atoms with E-state index in [-0.39, 0.29) is 114 Å². The number of hydrogen-bond acceptors (Lipinski definition) is 15. The lowest BCUT2D eigenvalue weighted by Gasteiger charge is -2.17. The Labute approximate surface area is 407 Å². The first kappa shape index (κ1) is 62.3. The molecule has 0 aliphatic rings. The van der Waals surface area contributed by atoms with Crippen molar-refractivity contribution in [3.05, 3.63) is 5.82 Å². The Morgan fingerprint density at radius 3 is 1.68 bits per heavy atom. The van der Waals surface area contributed by atoms with Gasteiger partial charge in [-0.3, -0.25) is 28.8 Å². The number of carbonyl (C=O) groups is 8. The van der Waals surface area contributed by atoms with Gasteiger partial charge in [0.2, 0.25) is 17.7 Å². The summed E-state index contributed by atoms with van der Waals surface area (Å²) in [5, 5.41) is 40.3. The first-order valence-corrected chi connectivity index (χ1v) is 26.6. The van der Waals surface area contributed by atoms with Crippen LogP contribution >= 0.6 is 0 Å². The van der Waals surface area contributed by atoms with Crippen LogP contribution in [0.2, 0.25) is 0 Å². The number of nitrogens with zero attached hydrogens (tertiary/aromatic N) is 3. The molecule has 21 nitrogen and oxygen atoms in total. The van der Waals surface area contributed by atoms with Crippen molar-refractivity contribution in [1.29, 1.82) is 0 Å². The van der Waals surface area contributed by atoms with Crippen LogP contribution in [0.25, 0.3) is 0 Å². The van der Waals surface area contributed by atoms with E-state index >= 15 is 0 Å². The summed E-state index contributed by atoms with van der Waals surface area (Å²) in [6.07, 6.45) is 14.9. The second-order valence-electron chi connectivity index (χ2n) is 18.6. The van der Waals surface area contributed by atoms with Gasteiger partial charge in [-0.05, 0) is 44.9 Å². The van der Waals surface area contributed by atoms with Gasteiger partial charge in [0, 0.05) is 63.5 Å². The van der Waals surface area contributed by atoms with Gasteiger partial charge in [-0.2, -0.15) is 5.21 Å². The van der Waals surface area contributed by atoms with Gasteiger partial charge in [-0.25, -0.2) is 18.0 Å². The Bertz CT molecular complexity index is 1790. The number of ketones is 3. The van der Waals surface area contributed by atoms with Gasteiger partial charge in [0.25, 0.3) is 0 Å². The molecule has 0 bridgehead atoms. The number of carboxylic acid groups (broad SMARTS) is 2. The summed E-state index contributed by atoms with van der Waals surface area (Å²) in [5.74, 6) is -5.30. The minimum absolute atomic E-state index is 0.0146. The zero-order valence-corrected chi connectivity index (χ0v) is 42.1. The first-order chi connectivity index (χ1) is 32.8. The Balaban J connectivity index is 2.13. The van der Waals surface area contributed by atoms with Gasteiger partial charge in [0.05, 0.1) is 19.0 Å². The highest BCUT2D eigenvalue weighted by Gasteiger charge is 2.25. The van der Waals surface area contributed by atoms with Crippen LogP contribution in [0.1, 0.15) is 181 Å². The number of tetrazole rings is 1. The maximum absolute atomic E-state index is 12.5. The van der Waals surface area contributed by atoms with E-state index in [0.717, 1.165) is 44.3 Å². The SMILES string of the molecule is CC(C)(C)C(=O)COCCOCCCC(=O)CC[C@H](NC(=O)CC[C@H](NC(=O)CCCNC(=O)CCCS(=O)(=O)CC(=O)CCCCCCCCCCCCCCCc1nn[nH]n1)C(=O)O)C(=O)O. The number of sulfone groups is 1. The molecular weight excluding hydrogens is 919 g/mol. The molecule has 0 aliphatic heterocycles. The molecule has 0 saturated heterocycles. The summed E-state index contributed by atoms with van der Waals surface area (Å²) < 4.78 is 35.6. The van der Waals surface area contributed by atoms with Crippen LogP contribution in [0.5, 0.6) is 0 Å². The number of carbonyl (C=O) groups excluding carboxylic acids is 6. The van der Waals surface area contributed by atoms with Crippen LogP contribution in [0.3, 0.4) is 0 Å². The number of Topliss-reactive ketones (excluding diaryl/α,β-unsaturated/α-hetero) is 3. The molecule has 69 heavy (non-hydrogen) atoms. The van der Waals surface area contributed by atoms with E-state index in [4.69, 9.17) is 9.47 Å². The van der Waals surface area contributed by atoms with Gasteiger partial charge in [0.15, 0.2) is 21.4 Å². The van der Waals surface area contributed by atoms with E-state index < -0.39 is 69.2 Å². The highest BCUT2D eigenvalue weighted by molar-refractivity contribution is 7.92. The number of unbranched alkanes of at least 4 members (excludes halogenated alkanes) is 12. The Kier molecular flexibility index (Phi) is 33.6. The van der Waals surface area contributed by atoms with Crippen molar-refractivity contribution in [1.82, 2.24) is 36.6 Å². The smallest absolute Gasteiger partial charge is 0.326 e. The predicted octanol–water partition coefficient (Wildman–Crippen LogP) is 4.56. The van der Waals surface area contributed by atoms with E-state index in [9.17, 15) is 57.0 Å². The fraction of sp³-hybridized carbons (Fsp3) is 0.809. The molecule has 1 aromatic rings. The van der Waals surface area contributed by atoms with Gasteiger partial charge in [0.1, 0.15) is 36.0 Å². The maximum atomic E-state index is 12.5. The summed E-state index contributed by atoms with van der Waals surface area (Å²) in [5.41, 5.74) is -0.492. The molecule has 1 rings (SSSR count). The molecule has 6 N–H and O–H groups in total. The van der Waals surface area contributed by atoms with Crippen molar-refractivity contribution in [2.75, 3.05) is 44.5 Å². The zero-order valence-electron chi connectivity index (χ0n) is 41.3. The molecule has 0 aromatic carbocycles. The third-order valence-corrected chi connectivity index (χ3v) is 12.9. The second-order valence-corrected chi connectivity index (χ2v) is 20.8. The third-order valence-electron chi connectivity index (χ3n) is 11.2. The summed E-state index contributed by atoms with van der Waals surface area (Å²) in [6.45, 7) is 6.18. The highest BCUT2D eigenvalue weighted by Crippen LogP contribution is 2.15. The van der Waals surface area contributed by atoms with Gasteiger partial charge in [-0.15, -0.1) is 10.2 Å². The van der Waals surface area contributed by atoms with Crippen LogP contribution in [0, 0.1) is 5.41 Å². The molecule has 22 heteroatoms. The quantitative estimate of drug-likeness (QED) is 0.0488. The molecule has 0 radical (unpaired) electrons. The standard InChI is InChI=1S/C47H81N7O14S/c1-47(2,3)40(57)34-68-32-31-67-30-18-21-36(55)25-26-38(45(61)62)50-44(60)28-27-39(46(63)64)49-43(59)23-17-29-48-42(58)24-19-33-69(65,66)35-37(56)20-15-13-11-9-7-5-4-6-8-10-12-14-16-22-41-51-53-54-52-41/h38-39H,4-35H2,1-3H3,(H,48,58)(H,49,59)(H,50,60)(H,61,62)(H,63,64)(H,51,52,53,54)/t38-,39-/m0/s1. The lowest BCUT2D eigenvalue weighted by Crippen LogP contribution is -2.44. The van der Waals surface area contributed by atoms with Crippen molar-refractivity contribution in [2.24, 2.45) is 5.41 Å². The van der Waals surface area contributed by atoms with Gasteiger partial charge < -0.3 is 35.6 Å². The Morgan fingerprint density at radius 2 is 1.12 bits per heavy atom. The second kappa shape index (κ2) is 37.2. The highest BCUT2D eigenvalue weighted by atomic mass is 32.2. The zero-order chi connectivity index (χ0) is 51.3. The van der Waals surface area contributed by atoms with Crippen LogP contribution in [-0.4, -0.2) is 143 Å². The average Bonchev–Trinajstić information content (AvgIpc) is 3.80. The van der Waals surface area contributed by atoms with E-state index in [1.165, 1.54) is 44.9 Å². The minimum atomic E-state index is -3.66. The summed E-state index contributed by atoms with van der Waals surface area (Å²) in [7, 11) is -3.66. The van der Waals surface area contributed by atoms with Crippen molar-refractivity contribution in [3.8, 4) is 0 Å². The average molecular weight is 1000 g/mol. The lowest BCUT2D eigenvalue weighted by atomic mass is 9.91. The fourth-order valence-corrected chi connectivity index (χ4v) is 8.34. The molecule has 3 amide bonds. The van der Waals surface area contributed by atoms with E-state index in [2.05, 4.69) is 36.6 Å². The molecule has 0 aliphatic carbocycles. The molecular formula is C47H81N7O14S. The number of hydrogen-bond donors (Lipinski definition) is 6. The number of nitrogens with one attached hydrogen (secondary N) is 4. The van der Waals surface area contributed by atoms with Crippen LogP contribution < -0.4 is 16.0 Å². The van der Waals surface area contributed by atoms with E-state index in [1.807, 2.05) is 0 Å². The van der Waals surface area contributed by atoms with Crippen LogP contribution in [0.15, 0.2) is 0 Å². The topological polar surface area (TPSA) is 320 Å². The molecule has 0 spiro atoms. The number of aromatic nitrogens is 4. The molecule has 1 heterocycles. The van der Waals surface area contributed by atoms with Gasteiger partial charge >= 0.3 is 11.9 Å². The molecule has 0 saturated carbocycles. The lowest BCUT2D eigenvalue weighted by molar-refractivity contribution is -0.143. The number of aromatic amines is 1. The van der Waals surface area contributed by atoms with Crippen molar-refractivity contribution in [3.63, 3.8) is 0 Å². The van der Waals surface area contributed by atoms with E-state index in [0.29, 0.717) is 12.8 Å². The van der Waals surface area contributed by atoms with Crippen LogP contribution in [-0.2, 0) is 64.1 Å². The number of aryl methyl sites for hydroxylation is 1. The number of carboxylic acids is 2. The largest absolute Gasteiger partial charge is 0.480 e. The molecule has 0 unspecified atom stereocenters. The number of rotatable bonds is 45. The summed E-state index contributed by atoms with van der Waals surface area (Å²) in [4.78, 5) is 97.2. The number of H-pyrrole nitrogens is 1. The first-order valence-electron chi connectivity index (χ1n) is 24.7. The number of ether oxygens (including phenoxy) is 2. The van der Waals surface area contributed by atoms with Crippen LogP contribution in [0.4, 0.5) is 0 Å². The van der Waals surface area contributed by atoms with E-state index in [1.54, 1.807) is 20.8 Å². The van der Waals surface area contributed by atoms with Gasteiger partial charge in [-0.1, -0.05) is 96.6 Å². The molecule has 1 aromatic heterocycles. The Morgan fingerprint density at radius 1 is 0.594 bits per heavy atom. The number of aliphatic carboxylic acids is 2. The van der Waals surface area contributed by atoms with Crippen molar-refractivity contribution >= 4 is 56.8 Å². The van der Waals surface area contributed by atoms with Crippen molar-refractivity contribution in [2.45, 2.75) is 193 Å². The number of amides is 3. The third kappa shape index (κ3) is 35.1. The normalized spacial score (nSPS) is 12.5. The molecule has 0 fully saturated rings. The maximum Gasteiger partial charge on any atom is 0.326 e. The predicted molar refractivity (Wildman–Crippen MR) is 256 cm³/mol. The minimum Gasteiger partial charge on any atom is -0.480 e. The molecule has 394 valence electrons. The van der Waals surface area contributed by atoms with Crippen molar-refractivity contribution < 1.29 is 66.5 Å². The summed E-state index contributed by atoms with van der Waals surface area (Å²) in [6, 6.07) is -2.84.